The molecule has 0 bridgehead atoms. The number of alkyl halides is 12. The van der Waals surface area contributed by atoms with Crippen molar-refractivity contribution in [2.45, 2.75) is 224 Å². The molecule has 4 rings (SSSR count). The number of allylic oxidation sites excluding steroid dienone is 2. The van der Waals surface area contributed by atoms with E-state index in [0.29, 0.717) is 73.4 Å². The van der Waals surface area contributed by atoms with Gasteiger partial charge in [0.1, 0.15) is 5.78 Å². The van der Waals surface area contributed by atoms with Gasteiger partial charge in [-0.2, -0.15) is 52.7 Å². The second-order valence-corrected chi connectivity index (χ2v) is 22.6. The summed E-state index contributed by atoms with van der Waals surface area (Å²) in [7, 11) is 0.333. The number of hydrogen-bond acceptors (Lipinski definition) is 6. The van der Waals surface area contributed by atoms with Crippen molar-refractivity contribution in [3.05, 3.63) is 24.3 Å². The average molecular weight is 1020 g/mol. The summed E-state index contributed by atoms with van der Waals surface area (Å²) in [4.78, 5) is 12.5. The maximum Gasteiger partial charge on any atom is 0.429 e. The Balaban J connectivity index is 0.000000448. The zero-order chi connectivity index (χ0) is 53.7. The number of ketones is 1. The lowest BCUT2D eigenvalue weighted by molar-refractivity contribution is -0.348. The van der Waals surface area contributed by atoms with Crippen LogP contribution in [0.15, 0.2) is 24.3 Å². The quantitative estimate of drug-likeness (QED) is 0.0597. The number of Topliss-reactive ketones (excluding diaryl/α,β-unsaturated/α-hetero) is 1. The summed E-state index contributed by atoms with van der Waals surface area (Å²) in [5.74, 6) is 0.00762. The summed E-state index contributed by atoms with van der Waals surface area (Å²) in [6.07, 6.45) is -12.8. The van der Waals surface area contributed by atoms with E-state index in [1.54, 1.807) is 27.7 Å². The van der Waals surface area contributed by atoms with Crippen molar-refractivity contribution >= 4 is 15.0 Å². The van der Waals surface area contributed by atoms with Crippen LogP contribution in [-0.2, 0) is 4.79 Å². The molecule has 0 spiro atoms. The fraction of sp³-hybridized carbons (Fsp3) is 0.898. The molecular formula is C49H79F12O6P. The van der Waals surface area contributed by atoms with E-state index in [1.165, 1.54) is 0 Å². The largest absolute Gasteiger partial charge is 0.429 e. The second kappa shape index (κ2) is 22.3. The summed E-state index contributed by atoms with van der Waals surface area (Å²) < 4.78 is 163. The second-order valence-electron chi connectivity index (χ2n) is 22.6. The van der Waals surface area contributed by atoms with Crippen LogP contribution in [0.2, 0.25) is 0 Å². The van der Waals surface area contributed by atoms with Gasteiger partial charge in [-0.15, -0.1) is 9.18 Å². The lowest BCUT2D eigenvalue weighted by atomic mass is 9.56. The standard InChI is InChI=1S/C24H38F6O3.C24H36F6O3.CH5P/c2*1-19(2,32)11-6-12-20(3,13-7-15-22(33,23(25,26)27)24(28,29)30)18-10-9-16-17(31)8-5-14-21(16,18)4;1-2/h7,15-18,31-33H,5-6,8-14H2,1-4H3;7,15-16,18,32-33H,5-6,8-14H2,1-4H3;2H2,1H3/b2*15-7+;/t16?,17-,18+,20?,21-;16?,18-,20?,21+;/m01./s1/i;;2D. The molecule has 4 saturated carbocycles. The van der Waals surface area contributed by atoms with Crippen molar-refractivity contribution in [3.63, 3.8) is 0 Å². The monoisotopic (exact) mass is 1020 g/mol. The Kier molecular flexibility index (Phi) is 20.0. The molecule has 0 amide bonds. The first-order chi connectivity index (χ1) is 31.0. The number of aliphatic hydroxyl groups is 5. The molecule has 10 atom stereocenters. The van der Waals surface area contributed by atoms with Gasteiger partial charge in [-0.25, -0.2) is 0 Å². The van der Waals surface area contributed by atoms with E-state index in [4.69, 9.17) is 1.28 Å². The molecule has 0 heterocycles. The molecule has 4 aliphatic carbocycles. The first-order valence-corrected chi connectivity index (χ1v) is 24.8. The molecular weight excluding hydrogens is 943 g/mol. The Morgan fingerprint density at radius 3 is 1.35 bits per heavy atom. The molecule has 6 nitrogen and oxygen atoms in total. The third-order valence-corrected chi connectivity index (χ3v) is 16.3. The smallest absolute Gasteiger partial charge is 0.393 e. The first-order valence-electron chi connectivity index (χ1n) is 24.3. The normalized spacial score (nSPS) is 30.1. The summed E-state index contributed by atoms with van der Waals surface area (Å²) in [5, 5.41) is 49.7. The van der Waals surface area contributed by atoms with Crippen LogP contribution in [0.25, 0.3) is 0 Å². The van der Waals surface area contributed by atoms with E-state index in [9.17, 15) is 83.0 Å². The topological polar surface area (TPSA) is 118 Å². The van der Waals surface area contributed by atoms with E-state index in [1.807, 2.05) is 27.4 Å². The average Bonchev–Trinajstić information content (AvgIpc) is 3.71. The van der Waals surface area contributed by atoms with Gasteiger partial charge in [0.25, 0.3) is 11.2 Å². The highest BCUT2D eigenvalue weighted by atomic mass is 31.0. The fourth-order valence-electron chi connectivity index (χ4n) is 12.8. The Morgan fingerprint density at radius 2 is 0.971 bits per heavy atom. The summed E-state index contributed by atoms with van der Waals surface area (Å²) in [6.45, 7) is 16.2. The maximum absolute atomic E-state index is 13.1. The SMILES string of the molecule is CC(C)(O)CCCC(C)(C/C=C/C(O)(C(F)(F)F)C(F)(F)F)[C@H]1CCC2C(=O)CCC[C@@]21C.CC(C)(O)CCCC(C)(C/C=C/C(O)(C(F)(F)F)C(F)(F)F)[C@H]1CCC2[C@@H](O)CCC[C@@]21C.[2H]PC. The van der Waals surface area contributed by atoms with Gasteiger partial charge in [-0.3, -0.25) is 4.79 Å². The van der Waals surface area contributed by atoms with Crippen LogP contribution in [0.1, 0.15) is 171 Å². The third-order valence-electron chi connectivity index (χ3n) is 16.3. The van der Waals surface area contributed by atoms with Crippen LogP contribution >= 0.6 is 9.18 Å². The number of fused-ring (bicyclic) bond motifs is 2. The van der Waals surface area contributed by atoms with E-state index in [0.717, 1.165) is 50.7 Å². The van der Waals surface area contributed by atoms with Crippen molar-refractivity contribution in [1.29, 1.82) is 1.28 Å². The van der Waals surface area contributed by atoms with Crippen LogP contribution in [0.3, 0.4) is 0 Å². The van der Waals surface area contributed by atoms with Gasteiger partial charge in [-0.1, -0.05) is 65.8 Å². The highest BCUT2D eigenvalue weighted by Crippen LogP contribution is 2.64. The van der Waals surface area contributed by atoms with Crippen molar-refractivity contribution in [3.8, 4) is 0 Å². The lowest BCUT2D eigenvalue weighted by Gasteiger charge is -2.50. The molecule has 400 valence electrons. The molecule has 4 fully saturated rings. The van der Waals surface area contributed by atoms with Crippen molar-refractivity contribution in [2.24, 2.45) is 45.3 Å². The minimum absolute atomic E-state index is 0.0127. The maximum atomic E-state index is 13.1. The molecule has 19 heteroatoms. The van der Waals surface area contributed by atoms with Crippen LogP contribution in [0, 0.1) is 45.3 Å². The van der Waals surface area contributed by atoms with Crippen LogP contribution in [0.4, 0.5) is 52.7 Å². The zero-order valence-corrected chi connectivity index (χ0v) is 42.1. The third kappa shape index (κ3) is 14.4. The Morgan fingerprint density at radius 1 is 0.603 bits per heavy atom. The molecule has 0 aromatic rings. The van der Waals surface area contributed by atoms with Crippen molar-refractivity contribution in [1.82, 2.24) is 0 Å². The molecule has 0 saturated heterocycles. The van der Waals surface area contributed by atoms with Gasteiger partial charge < -0.3 is 25.5 Å². The predicted octanol–water partition coefficient (Wildman–Crippen LogP) is 13.3. The number of rotatable bonds is 16. The highest BCUT2D eigenvalue weighted by molar-refractivity contribution is 7.15. The van der Waals surface area contributed by atoms with Crippen LogP contribution in [-0.4, -0.2) is 92.5 Å². The Labute approximate surface area is 399 Å². The van der Waals surface area contributed by atoms with Crippen molar-refractivity contribution < 1.29 is 83.0 Å². The van der Waals surface area contributed by atoms with Crippen LogP contribution in [0.5, 0.6) is 0 Å². The predicted molar refractivity (Wildman–Crippen MR) is 241 cm³/mol. The van der Waals surface area contributed by atoms with Crippen molar-refractivity contribution in [2.75, 3.05) is 6.66 Å². The molecule has 5 unspecified atom stereocenters. The van der Waals surface area contributed by atoms with Gasteiger partial charge in [0.2, 0.25) is 0 Å². The molecule has 0 aromatic carbocycles. The molecule has 68 heavy (non-hydrogen) atoms. The lowest BCUT2D eigenvalue weighted by Crippen LogP contribution is -2.55. The minimum atomic E-state index is -5.90. The molecule has 4 aliphatic rings. The van der Waals surface area contributed by atoms with Gasteiger partial charge in [0, 0.05) is 12.3 Å². The fourth-order valence-corrected chi connectivity index (χ4v) is 12.8. The van der Waals surface area contributed by atoms with E-state index in [-0.39, 0.29) is 65.3 Å². The molecule has 0 aliphatic heterocycles. The zero-order valence-electron chi connectivity index (χ0n) is 42.1. The minimum Gasteiger partial charge on any atom is -0.393 e. The molecule has 0 aromatic heterocycles. The van der Waals surface area contributed by atoms with E-state index in [2.05, 4.69) is 6.92 Å². The first kappa shape index (κ1) is 60.8. The summed E-state index contributed by atoms with van der Waals surface area (Å²) >= 11 is 0. The van der Waals surface area contributed by atoms with Gasteiger partial charge >= 0.3 is 24.7 Å². The Hall–Kier alpha value is -1.46. The molecule has 5 N–H and O–H groups in total. The van der Waals surface area contributed by atoms with Gasteiger partial charge in [0.05, 0.1) is 18.6 Å². The highest BCUT2D eigenvalue weighted by Gasteiger charge is 2.70. The number of carbonyl (C=O) groups excluding carboxylic acids is 1. The summed E-state index contributed by atoms with van der Waals surface area (Å²) in [6, 6.07) is 0. The Bertz CT molecular complexity index is 1680. The van der Waals surface area contributed by atoms with Gasteiger partial charge in [-0.05, 0) is 169 Å². The number of aliphatic hydroxyl groups excluding tert-OH is 1. The summed E-state index contributed by atoms with van der Waals surface area (Å²) in [5.41, 5.74) is -13.7. The van der Waals surface area contributed by atoms with Gasteiger partial charge in [0.15, 0.2) is 0 Å². The number of hydrogen-bond donors (Lipinski definition) is 5. The molecule has 0 radical (unpaired) electrons. The van der Waals surface area contributed by atoms with E-state index >= 15 is 0 Å². The van der Waals surface area contributed by atoms with E-state index < -0.39 is 64.0 Å². The number of halogens is 12. The number of carbonyl (C=O) groups is 1. The van der Waals surface area contributed by atoms with Crippen LogP contribution < -0.4 is 0 Å².